The van der Waals surface area contributed by atoms with Gasteiger partial charge in [0.2, 0.25) is 0 Å². The predicted octanol–water partition coefficient (Wildman–Crippen LogP) is 3.57. The maximum absolute atomic E-state index is 6.36. The molecule has 1 saturated carbocycles. The van der Waals surface area contributed by atoms with E-state index in [2.05, 4.69) is 20.8 Å². The highest BCUT2D eigenvalue weighted by molar-refractivity contribution is 4.90. The Balaban J connectivity index is 1.39. The van der Waals surface area contributed by atoms with Gasteiger partial charge in [0.05, 0.1) is 51.3 Å². The summed E-state index contributed by atoms with van der Waals surface area (Å²) in [6, 6.07) is 0. The van der Waals surface area contributed by atoms with Crippen LogP contribution >= 0.6 is 0 Å². The lowest BCUT2D eigenvalue weighted by Gasteiger charge is -2.45. The van der Waals surface area contributed by atoms with E-state index < -0.39 is 0 Å². The zero-order valence-corrected chi connectivity index (χ0v) is 15.2. The third-order valence-electron chi connectivity index (χ3n) is 6.48. The molecule has 4 nitrogen and oxygen atoms in total. The van der Waals surface area contributed by atoms with Crippen molar-refractivity contribution < 1.29 is 18.9 Å². The molecular formula is C19H34O4. The first-order valence-corrected chi connectivity index (χ1v) is 9.44. The molecule has 134 valence electrons. The Morgan fingerprint density at radius 2 is 1.39 bits per heavy atom. The molecule has 3 aliphatic rings. The minimum atomic E-state index is 0.0274. The molecule has 3 fully saturated rings. The van der Waals surface area contributed by atoms with Gasteiger partial charge in [0.25, 0.3) is 0 Å². The standard InChI is InChI=1S/C19H34O4/c1-4-18(10-20-11-18)14-22-16-6-8-17(3,9-7-16)23-15-19(5-2)12-21-13-19/h16H,4-15H2,1-3H3. The van der Waals surface area contributed by atoms with Crippen molar-refractivity contribution in [3.05, 3.63) is 0 Å². The highest BCUT2D eigenvalue weighted by atomic mass is 16.5. The van der Waals surface area contributed by atoms with E-state index in [4.69, 9.17) is 18.9 Å². The smallest absolute Gasteiger partial charge is 0.0656 e. The molecule has 2 heterocycles. The first-order chi connectivity index (χ1) is 11.0. The van der Waals surface area contributed by atoms with Crippen LogP contribution in [0.15, 0.2) is 0 Å². The Morgan fingerprint density at radius 3 is 1.83 bits per heavy atom. The molecule has 2 aliphatic heterocycles. The molecule has 2 saturated heterocycles. The summed E-state index contributed by atoms with van der Waals surface area (Å²) in [5.41, 5.74) is 0.614. The normalized spacial score (nSPS) is 35.3. The molecule has 0 aromatic carbocycles. The van der Waals surface area contributed by atoms with Crippen LogP contribution in [0.1, 0.15) is 59.3 Å². The molecule has 0 unspecified atom stereocenters. The average molecular weight is 326 g/mol. The minimum Gasteiger partial charge on any atom is -0.380 e. The molecular weight excluding hydrogens is 292 g/mol. The van der Waals surface area contributed by atoms with Crippen LogP contribution in [0.25, 0.3) is 0 Å². The second-order valence-electron chi connectivity index (χ2n) is 8.44. The lowest BCUT2D eigenvalue weighted by molar-refractivity contribution is -0.193. The van der Waals surface area contributed by atoms with Gasteiger partial charge < -0.3 is 18.9 Å². The van der Waals surface area contributed by atoms with Gasteiger partial charge in [-0.05, 0) is 45.4 Å². The van der Waals surface area contributed by atoms with Gasteiger partial charge in [-0.15, -0.1) is 0 Å². The second-order valence-corrected chi connectivity index (χ2v) is 8.44. The summed E-state index contributed by atoms with van der Waals surface area (Å²) in [6.07, 6.45) is 7.15. The van der Waals surface area contributed by atoms with Gasteiger partial charge in [-0.3, -0.25) is 0 Å². The van der Waals surface area contributed by atoms with E-state index in [-0.39, 0.29) is 11.0 Å². The van der Waals surface area contributed by atoms with E-state index in [1.165, 1.54) is 0 Å². The fourth-order valence-corrected chi connectivity index (χ4v) is 3.70. The van der Waals surface area contributed by atoms with Gasteiger partial charge >= 0.3 is 0 Å². The summed E-state index contributed by atoms with van der Waals surface area (Å²) in [6.45, 7) is 12.0. The van der Waals surface area contributed by atoms with Crippen LogP contribution in [-0.4, -0.2) is 51.3 Å². The lowest BCUT2D eigenvalue weighted by Crippen LogP contribution is -2.49. The van der Waals surface area contributed by atoms with Crippen molar-refractivity contribution in [2.75, 3.05) is 39.6 Å². The zero-order valence-electron chi connectivity index (χ0n) is 15.2. The molecule has 0 bridgehead atoms. The summed E-state index contributed by atoms with van der Waals surface area (Å²) in [7, 11) is 0. The van der Waals surface area contributed by atoms with E-state index in [0.717, 1.165) is 78.2 Å². The van der Waals surface area contributed by atoms with E-state index >= 15 is 0 Å². The van der Waals surface area contributed by atoms with Gasteiger partial charge in [0.15, 0.2) is 0 Å². The van der Waals surface area contributed by atoms with Crippen molar-refractivity contribution in [2.45, 2.75) is 71.0 Å². The summed E-state index contributed by atoms with van der Waals surface area (Å²) < 4.78 is 23.4. The molecule has 0 spiro atoms. The van der Waals surface area contributed by atoms with Crippen LogP contribution < -0.4 is 0 Å². The molecule has 0 aromatic heterocycles. The molecule has 23 heavy (non-hydrogen) atoms. The molecule has 0 radical (unpaired) electrons. The summed E-state index contributed by atoms with van der Waals surface area (Å²) in [5.74, 6) is 0. The minimum absolute atomic E-state index is 0.0274. The highest BCUT2D eigenvalue weighted by Crippen LogP contribution is 2.39. The third-order valence-corrected chi connectivity index (χ3v) is 6.48. The maximum Gasteiger partial charge on any atom is 0.0656 e. The third kappa shape index (κ3) is 3.92. The molecule has 4 heteroatoms. The predicted molar refractivity (Wildman–Crippen MR) is 89.7 cm³/mol. The topological polar surface area (TPSA) is 36.9 Å². The molecule has 0 N–H and O–H groups in total. The Morgan fingerprint density at radius 1 is 0.870 bits per heavy atom. The number of hydrogen-bond acceptors (Lipinski definition) is 4. The van der Waals surface area contributed by atoms with Crippen molar-refractivity contribution in [2.24, 2.45) is 10.8 Å². The summed E-state index contributed by atoms with van der Waals surface area (Å²) in [5, 5.41) is 0. The maximum atomic E-state index is 6.36. The van der Waals surface area contributed by atoms with Crippen molar-refractivity contribution in [3.63, 3.8) is 0 Å². The van der Waals surface area contributed by atoms with Gasteiger partial charge in [0.1, 0.15) is 0 Å². The molecule has 0 amide bonds. The molecule has 0 atom stereocenters. The number of rotatable bonds is 8. The zero-order chi connectivity index (χ0) is 16.4. The lowest BCUT2D eigenvalue weighted by atomic mass is 9.81. The number of hydrogen-bond donors (Lipinski definition) is 0. The molecule has 0 aromatic rings. The van der Waals surface area contributed by atoms with Crippen molar-refractivity contribution in [1.29, 1.82) is 0 Å². The van der Waals surface area contributed by atoms with E-state index in [1.807, 2.05) is 0 Å². The fraction of sp³-hybridized carbons (Fsp3) is 1.00. The van der Waals surface area contributed by atoms with Gasteiger partial charge in [0, 0.05) is 10.8 Å². The fourth-order valence-electron chi connectivity index (χ4n) is 3.70. The van der Waals surface area contributed by atoms with Gasteiger partial charge in [-0.1, -0.05) is 13.8 Å². The number of ether oxygens (including phenoxy) is 4. The van der Waals surface area contributed by atoms with Crippen molar-refractivity contribution in [3.8, 4) is 0 Å². The largest absolute Gasteiger partial charge is 0.380 e. The Hall–Kier alpha value is -0.160. The second kappa shape index (κ2) is 6.99. The molecule has 1 aliphatic carbocycles. The SMILES string of the molecule is CCC1(COC2CCC(C)(OCC3(CC)COC3)CC2)COC1. The van der Waals surface area contributed by atoms with Crippen LogP contribution in [0.3, 0.4) is 0 Å². The van der Waals surface area contributed by atoms with Crippen LogP contribution in [0.5, 0.6) is 0 Å². The van der Waals surface area contributed by atoms with Gasteiger partial charge in [-0.2, -0.15) is 0 Å². The molecule has 3 rings (SSSR count). The van der Waals surface area contributed by atoms with Crippen LogP contribution in [-0.2, 0) is 18.9 Å². The monoisotopic (exact) mass is 326 g/mol. The van der Waals surface area contributed by atoms with E-state index in [0.29, 0.717) is 11.5 Å². The first kappa shape index (κ1) is 17.7. The van der Waals surface area contributed by atoms with Crippen LogP contribution in [0.2, 0.25) is 0 Å². The Bertz CT molecular complexity index is 368. The summed E-state index contributed by atoms with van der Waals surface area (Å²) >= 11 is 0. The Labute approximate surface area is 141 Å². The van der Waals surface area contributed by atoms with E-state index in [9.17, 15) is 0 Å². The summed E-state index contributed by atoms with van der Waals surface area (Å²) in [4.78, 5) is 0. The van der Waals surface area contributed by atoms with Crippen molar-refractivity contribution in [1.82, 2.24) is 0 Å². The van der Waals surface area contributed by atoms with Crippen LogP contribution in [0.4, 0.5) is 0 Å². The quantitative estimate of drug-likeness (QED) is 0.683. The van der Waals surface area contributed by atoms with Crippen LogP contribution in [0, 0.1) is 10.8 Å². The average Bonchev–Trinajstić information content (AvgIpc) is 2.48. The van der Waals surface area contributed by atoms with Gasteiger partial charge in [-0.25, -0.2) is 0 Å². The van der Waals surface area contributed by atoms with Crippen molar-refractivity contribution >= 4 is 0 Å². The van der Waals surface area contributed by atoms with E-state index in [1.54, 1.807) is 0 Å². The Kier molecular flexibility index (Phi) is 5.37. The first-order valence-electron chi connectivity index (χ1n) is 9.44. The highest BCUT2D eigenvalue weighted by Gasteiger charge is 2.42.